The normalized spacial score (nSPS) is 12.0. The molecular weight excluding hydrogens is 394 g/mol. The highest BCUT2D eigenvalue weighted by Crippen LogP contribution is 2.26. The van der Waals surface area contributed by atoms with Crippen molar-refractivity contribution in [3.8, 4) is 0 Å². The minimum Gasteiger partial charge on any atom is -0.383 e. The second-order valence-corrected chi connectivity index (χ2v) is 8.39. The van der Waals surface area contributed by atoms with Crippen molar-refractivity contribution in [3.05, 3.63) is 78.4 Å². The van der Waals surface area contributed by atoms with E-state index < -0.39 is 10.8 Å². The Bertz CT molecular complexity index is 1200. The van der Waals surface area contributed by atoms with Gasteiger partial charge in [-0.15, -0.1) is 0 Å². The number of rotatable bonds is 6. The number of anilines is 3. The lowest BCUT2D eigenvalue weighted by atomic mass is 10.1. The largest absolute Gasteiger partial charge is 0.383 e. The number of fused-ring (bicyclic) bond motifs is 1. The molecule has 0 aliphatic rings. The molecule has 0 saturated heterocycles. The molecule has 0 amide bonds. The maximum Gasteiger partial charge on any atom is 0.222 e. The van der Waals surface area contributed by atoms with Crippen molar-refractivity contribution >= 4 is 39.2 Å². The fourth-order valence-electron chi connectivity index (χ4n) is 3.36. The summed E-state index contributed by atoms with van der Waals surface area (Å²) in [4.78, 5) is 12.1. The Balaban J connectivity index is 1.55. The summed E-state index contributed by atoms with van der Waals surface area (Å²) in [6, 6.07) is 23.3. The summed E-state index contributed by atoms with van der Waals surface area (Å²) >= 11 is 0. The molecule has 4 rings (SSSR count). The number of nitrogens with zero attached hydrogens (tertiary/aromatic N) is 3. The average Bonchev–Trinajstić information content (AvgIpc) is 2.78. The first-order chi connectivity index (χ1) is 14.5. The molecule has 1 unspecified atom stereocenters. The van der Waals surface area contributed by atoms with Crippen LogP contribution >= 0.6 is 0 Å². The summed E-state index contributed by atoms with van der Waals surface area (Å²) in [5.41, 5.74) is 14.6. The van der Waals surface area contributed by atoms with Crippen molar-refractivity contribution in [1.82, 2.24) is 9.97 Å². The first-order valence-corrected chi connectivity index (χ1v) is 10.8. The third-order valence-corrected chi connectivity index (χ3v) is 6.34. The Labute approximate surface area is 178 Å². The quantitative estimate of drug-likeness (QED) is 0.492. The van der Waals surface area contributed by atoms with Crippen LogP contribution in [-0.4, -0.2) is 20.7 Å². The summed E-state index contributed by atoms with van der Waals surface area (Å²) in [5, 5.41) is 0.786. The topological polar surface area (TPSA) is 98.1 Å². The van der Waals surface area contributed by atoms with E-state index in [1.807, 2.05) is 72.8 Å². The predicted molar refractivity (Wildman–Crippen MR) is 123 cm³/mol. The van der Waals surface area contributed by atoms with Crippen LogP contribution in [0.4, 0.5) is 17.5 Å². The number of aromatic nitrogens is 2. The van der Waals surface area contributed by atoms with Crippen LogP contribution in [0.2, 0.25) is 0 Å². The second kappa shape index (κ2) is 8.51. The van der Waals surface area contributed by atoms with Gasteiger partial charge >= 0.3 is 0 Å². The highest BCUT2D eigenvalue weighted by molar-refractivity contribution is 7.85. The molecule has 152 valence electrons. The van der Waals surface area contributed by atoms with Gasteiger partial charge in [0.25, 0.3) is 0 Å². The van der Waals surface area contributed by atoms with E-state index in [2.05, 4.69) is 21.8 Å². The molecular formula is C23H23N5OS. The van der Waals surface area contributed by atoms with Crippen LogP contribution in [0.5, 0.6) is 0 Å². The number of hydrogen-bond donors (Lipinski definition) is 2. The molecule has 3 aromatic carbocycles. The lowest BCUT2D eigenvalue weighted by Gasteiger charge is -2.24. The molecule has 7 heteroatoms. The summed E-state index contributed by atoms with van der Waals surface area (Å²) in [6.07, 6.45) is 0. The smallest absolute Gasteiger partial charge is 0.222 e. The van der Waals surface area contributed by atoms with Crippen molar-refractivity contribution in [2.45, 2.75) is 23.3 Å². The van der Waals surface area contributed by atoms with E-state index in [-0.39, 0.29) is 5.95 Å². The Morgan fingerprint density at radius 2 is 1.60 bits per heavy atom. The molecule has 1 atom stereocenters. The van der Waals surface area contributed by atoms with E-state index in [4.69, 9.17) is 11.5 Å². The highest BCUT2D eigenvalue weighted by Gasteiger charge is 2.11. The Morgan fingerprint density at radius 1 is 0.900 bits per heavy atom. The lowest BCUT2D eigenvalue weighted by Crippen LogP contribution is -2.22. The number of nitrogen functional groups attached to an aromatic ring is 2. The molecule has 0 aliphatic carbocycles. The van der Waals surface area contributed by atoms with Crippen molar-refractivity contribution in [2.24, 2.45) is 0 Å². The molecule has 0 fully saturated rings. The van der Waals surface area contributed by atoms with Gasteiger partial charge in [0.05, 0.1) is 16.3 Å². The van der Waals surface area contributed by atoms with Crippen LogP contribution in [-0.2, 0) is 17.3 Å². The molecule has 0 saturated carbocycles. The summed E-state index contributed by atoms with van der Waals surface area (Å²) in [6.45, 7) is 3.64. The first kappa shape index (κ1) is 19.8. The molecule has 0 spiro atoms. The monoisotopic (exact) mass is 417 g/mol. The molecule has 4 N–H and O–H groups in total. The summed E-state index contributed by atoms with van der Waals surface area (Å²) < 4.78 is 12.7. The van der Waals surface area contributed by atoms with E-state index in [9.17, 15) is 4.21 Å². The van der Waals surface area contributed by atoms with Gasteiger partial charge in [-0.2, -0.15) is 4.98 Å². The van der Waals surface area contributed by atoms with Crippen molar-refractivity contribution in [1.29, 1.82) is 0 Å². The SMILES string of the molecule is CCN(Cc1ccc(S(=O)c2ccccc2)cc1)c1ccc2nc(N)nc(N)c2c1. The average molecular weight is 418 g/mol. The lowest BCUT2D eigenvalue weighted by molar-refractivity contribution is 0.683. The van der Waals surface area contributed by atoms with Crippen LogP contribution in [0.3, 0.4) is 0 Å². The molecule has 0 bridgehead atoms. The van der Waals surface area contributed by atoms with Gasteiger partial charge < -0.3 is 16.4 Å². The van der Waals surface area contributed by atoms with Crippen molar-refractivity contribution < 1.29 is 4.21 Å². The number of nitrogens with two attached hydrogens (primary N) is 2. The van der Waals surface area contributed by atoms with Gasteiger partial charge in [-0.1, -0.05) is 30.3 Å². The van der Waals surface area contributed by atoms with Crippen molar-refractivity contribution in [2.75, 3.05) is 22.9 Å². The van der Waals surface area contributed by atoms with E-state index in [1.165, 1.54) is 0 Å². The molecule has 1 aromatic heterocycles. The van der Waals surface area contributed by atoms with Gasteiger partial charge in [0.2, 0.25) is 5.95 Å². The van der Waals surface area contributed by atoms with Gasteiger partial charge in [-0.05, 0) is 55.0 Å². The molecule has 4 aromatic rings. The van der Waals surface area contributed by atoms with Gasteiger partial charge in [0.1, 0.15) is 5.82 Å². The summed E-state index contributed by atoms with van der Waals surface area (Å²) in [7, 11) is -1.18. The standard InChI is InChI=1S/C23H23N5OS/c1-2-28(17-10-13-21-20(14-17)22(24)27-23(25)26-21)15-16-8-11-19(12-9-16)30(29)18-6-4-3-5-7-18/h3-14H,2,15H2,1H3,(H4,24,25,26,27). The van der Waals surface area contributed by atoms with Crippen molar-refractivity contribution in [3.63, 3.8) is 0 Å². The highest BCUT2D eigenvalue weighted by atomic mass is 32.2. The maximum absolute atomic E-state index is 12.7. The van der Waals surface area contributed by atoms with Crippen LogP contribution in [0, 0.1) is 0 Å². The van der Waals surface area contributed by atoms with E-state index >= 15 is 0 Å². The number of hydrogen-bond acceptors (Lipinski definition) is 6. The zero-order valence-electron chi connectivity index (χ0n) is 16.7. The second-order valence-electron chi connectivity index (χ2n) is 6.91. The predicted octanol–water partition coefficient (Wildman–Crippen LogP) is 3.99. The summed E-state index contributed by atoms with van der Waals surface area (Å²) in [5.74, 6) is 0.552. The molecule has 0 radical (unpaired) electrons. The minimum absolute atomic E-state index is 0.174. The fraction of sp³-hybridized carbons (Fsp3) is 0.130. The fourth-order valence-corrected chi connectivity index (χ4v) is 4.42. The van der Waals surface area contributed by atoms with Crippen LogP contribution in [0.1, 0.15) is 12.5 Å². The zero-order valence-corrected chi connectivity index (χ0v) is 17.5. The molecule has 6 nitrogen and oxygen atoms in total. The molecule has 30 heavy (non-hydrogen) atoms. The van der Waals surface area contributed by atoms with Gasteiger partial charge in [-0.3, -0.25) is 0 Å². The van der Waals surface area contributed by atoms with Crippen LogP contribution < -0.4 is 16.4 Å². The Hall–Kier alpha value is -3.45. The van der Waals surface area contributed by atoms with E-state index in [1.54, 1.807) is 0 Å². The maximum atomic E-state index is 12.7. The van der Waals surface area contributed by atoms with Gasteiger partial charge in [-0.25, -0.2) is 9.19 Å². The molecule has 1 heterocycles. The molecule has 0 aliphatic heterocycles. The van der Waals surface area contributed by atoms with E-state index in [0.29, 0.717) is 5.82 Å². The Kier molecular flexibility index (Phi) is 5.63. The number of benzene rings is 3. The third-order valence-electron chi connectivity index (χ3n) is 4.94. The van der Waals surface area contributed by atoms with Crippen LogP contribution in [0.15, 0.2) is 82.6 Å². The zero-order chi connectivity index (χ0) is 21.1. The van der Waals surface area contributed by atoms with Gasteiger partial charge in [0.15, 0.2) is 0 Å². The van der Waals surface area contributed by atoms with E-state index in [0.717, 1.165) is 45.0 Å². The van der Waals surface area contributed by atoms with Crippen LogP contribution in [0.25, 0.3) is 10.9 Å². The van der Waals surface area contributed by atoms with Gasteiger partial charge in [0, 0.05) is 34.0 Å². The minimum atomic E-state index is -1.18. The first-order valence-electron chi connectivity index (χ1n) is 9.68. The third kappa shape index (κ3) is 4.11. The Morgan fingerprint density at radius 3 is 2.30 bits per heavy atom.